The Morgan fingerprint density at radius 3 is 2.41 bits per heavy atom. The second-order valence-corrected chi connectivity index (χ2v) is 16.3. The van der Waals surface area contributed by atoms with Gasteiger partial charge in [0.15, 0.2) is 9.84 Å². The van der Waals surface area contributed by atoms with Gasteiger partial charge >= 0.3 is 6.18 Å². The van der Waals surface area contributed by atoms with Crippen molar-refractivity contribution in [3.63, 3.8) is 0 Å². The first-order valence-electron chi connectivity index (χ1n) is 16.0. The minimum atomic E-state index is -4.79. The fourth-order valence-corrected chi connectivity index (χ4v) is 9.49. The molecule has 1 aromatic carbocycles. The number of anilines is 3. The predicted octanol–water partition coefficient (Wildman–Crippen LogP) is 5.77. The van der Waals surface area contributed by atoms with E-state index >= 15 is 0 Å². The topological polar surface area (TPSA) is 98.7 Å². The predicted molar refractivity (Wildman–Crippen MR) is 170 cm³/mol. The molecular weight excluding hydrogens is 638 g/mol. The quantitative estimate of drug-likeness (QED) is 0.322. The minimum absolute atomic E-state index is 0.0243. The molecule has 2 aliphatic heterocycles. The summed E-state index contributed by atoms with van der Waals surface area (Å²) in [5.41, 5.74) is 1.43. The molecule has 0 bridgehead atoms. The lowest BCUT2D eigenvalue weighted by Gasteiger charge is -2.36. The number of halogens is 3. The Balaban J connectivity index is 1.10. The molecule has 1 saturated heterocycles. The fraction of sp³-hybridized carbons (Fsp3) is 0.531. The maximum Gasteiger partial charge on any atom is 0.420 e. The Kier molecular flexibility index (Phi) is 7.33. The number of fused-ring (bicyclic) bond motifs is 1. The molecule has 1 amide bonds. The minimum Gasteiger partial charge on any atom is -0.369 e. The molecule has 3 aliphatic carbocycles. The second kappa shape index (κ2) is 11.2. The molecule has 8 rings (SSSR count). The van der Waals surface area contributed by atoms with Crippen LogP contribution in [-0.4, -0.2) is 85.2 Å². The highest BCUT2D eigenvalue weighted by Gasteiger charge is 2.42. The standard InChI is InChI=1S/C32H35F3N6O3S2/c33-32(34,35)24-17-36-31(38-28(24)26-16-27-29(45-26)30(42)41(21-5-6-21)13-14-46(27,43)44)37-25-8-7-22(15-23(25)20-3-4-20)40-11-9-39(10-12-40)18-19-1-2-19/h7-8,15-17,19-21H,1-6,9-14,18H2,(H,36,37,38). The number of hydrogen-bond acceptors (Lipinski definition) is 9. The van der Waals surface area contributed by atoms with Gasteiger partial charge in [0.1, 0.15) is 10.4 Å². The molecule has 9 nitrogen and oxygen atoms in total. The Labute approximate surface area is 269 Å². The van der Waals surface area contributed by atoms with Crippen LogP contribution in [0.25, 0.3) is 10.6 Å². The third kappa shape index (κ3) is 5.99. The summed E-state index contributed by atoms with van der Waals surface area (Å²) in [6, 6.07) is 7.32. The van der Waals surface area contributed by atoms with Crippen molar-refractivity contribution in [1.29, 1.82) is 0 Å². The molecule has 3 aromatic rings. The summed E-state index contributed by atoms with van der Waals surface area (Å²) in [7, 11) is -3.87. The summed E-state index contributed by atoms with van der Waals surface area (Å²) in [6.07, 6.45) is 2.29. The zero-order valence-corrected chi connectivity index (χ0v) is 26.9. The number of amides is 1. The highest BCUT2D eigenvalue weighted by Crippen LogP contribution is 2.46. The number of hydrogen-bond donors (Lipinski definition) is 1. The lowest BCUT2D eigenvalue weighted by Crippen LogP contribution is -2.47. The number of carbonyl (C=O) groups is 1. The van der Waals surface area contributed by atoms with E-state index in [1.807, 2.05) is 12.1 Å². The summed E-state index contributed by atoms with van der Waals surface area (Å²) in [6.45, 7) is 5.26. The molecule has 46 heavy (non-hydrogen) atoms. The molecule has 3 saturated carbocycles. The molecular formula is C32H35F3N6O3S2. The van der Waals surface area contributed by atoms with Crippen LogP contribution in [0.3, 0.4) is 0 Å². The number of thiophene rings is 1. The van der Waals surface area contributed by atoms with Crippen LogP contribution in [0.5, 0.6) is 0 Å². The van der Waals surface area contributed by atoms with Gasteiger partial charge in [0.2, 0.25) is 5.95 Å². The number of nitrogens with zero attached hydrogens (tertiary/aromatic N) is 5. The van der Waals surface area contributed by atoms with E-state index in [2.05, 4.69) is 31.2 Å². The zero-order valence-electron chi connectivity index (χ0n) is 25.2. The summed E-state index contributed by atoms with van der Waals surface area (Å²) in [5, 5.41) is 3.17. The summed E-state index contributed by atoms with van der Waals surface area (Å²) in [4.78, 5) is 27.9. The van der Waals surface area contributed by atoms with E-state index in [9.17, 15) is 26.4 Å². The maximum atomic E-state index is 14.2. The molecule has 1 N–H and O–H groups in total. The van der Waals surface area contributed by atoms with Crippen LogP contribution >= 0.6 is 11.3 Å². The first kappa shape index (κ1) is 30.1. The van der Waals surface area contributed by atoms with Gasteiger partial charge in [0.05, 0.1) is 21.2 Å². The van der Waals surface area contributed by atoms with Crippen molar-refractivity contribution in [2.45, 2.75) is 61.6 Å². The van der Waals surface area contributed by atoms with E-state index in [0.29, 0.717) is 5.92 Å². The average Bonchev–Trinajstić information content (AvgIpc) is 3.88. The number of sulfone groups is 1. The van der Waals surface area contributed by atoms with Crippen molar-refractivity contribution >= 4 is 44.4 Å². The summed E-state index contributed by atoms with van der Waals surface area (Å²) in [5.74, 6) is 0.482. The zero-order chi connectivity index (χ0) is 31.8. The monoisotopic (exact) mass is 672 g/mol. The van der Waals surface area contributed by atoms with Crippen LogP contribution in [-0.2, 0) is 16.0 Å². The molecule has 0 atom stereocenters. The second-order valence-electron chi connectivity index (χ2n) is 13.2. The number of rotatable bonds is 8. The third-order valence-electron chi connectivity index (χ3n) is 9.65. The highest BCUT2D eigenvalue weighted by molar-refractivity contribution is 7.91. The van der Waals surface area contributed by atoms with E-state index in [1.165, 1.54) is 25.5 Å². The van der Waals surface area contributed by atoms with Gasteiger partial charge in [0.25, 0.3) is 5.91 Å². The number of nitrogens with one attached hydrogen (secondary N) is 1. The van der Waals surface area contributed by atoms with Gasteiger partial charge in [0, 0.05) is 62.9 Å². The Bertz CT molecular complexity index is 1790. The molecule has 5 aliphatic rings. The number of alkyl halides is 3. The van der Waals surface area contributed by atoms with Crippen LogP contribution < -0.4 is 10.2 Å². The lowest BCUT2D eigenvalue weighted by molar-refractivity contribution is -0.137. The van der Waals surface area contributed by atoms with Crippen molar-refractivity contribution < 1.29 is 26.4 Å². The molecule has 14 heteroatoms. The van der Waals surface area contributed by atoms with E-state index < -0.39 is 33.2 Å². The third-order valence-corrected chi connectivity index (χ3v) is 12.6. The first-order chi connectivity index (χ1) is 22.0. The fourth-order valence-electron chi connectivity index (χ4n) is 6.57. The van der Waals surface area contributed by atoms with Gasteiger partial charge in [-0.25, -0.2) is 18.4 Å². The molecule has 0 spiro atoms. The number of piperazine rings is 1. The molecule has 4 heterocycles. The van der Waals surface area contributed by atoms with Crippen molar-refractivity contribution in [1.82, 2.24) is 19.8 Å². The SMILES string of the molecule is O=C1c2sc(-c3nc(Nc4ccc(N5CCN(CC6CC6)CC5)cc4C4CC4)ncc3C(F)(F)F)cc2S(=O)(=O)CCN1C1CC1. The molecule has 4 fully saturated rings. The van der Waals surface area contributed by atoms with Crippen LogP contribution in [0.15, 0.2) is 35.4 Å². The van der Waals surface area contributed by atoms with Crippen molar-refractivity contribution in [2.75, 3.05) is 55.2 Å². The highest BCUT2D eigenvalue weighted by atomic mass is 32.2. The van der Waals surface area contributed by atoms with Crippen molar-refractivity contribution in [3.05, 3.63) is 46.5 Å². The Hall–Kier alpha value is -3.23. The van der Waals surface area contributed by atoms with Crippen LogP contribution in [0.1, 0.15) is 65.2 Å². The first-order valence-corrected chi connectivity index (χ1v) is 18.5. The summed E-state index contributed by atoms with van der Waals surface area (Å²) < 4.78 is 69.0. The average molecular weight is 673 g/mol. The van der Waals surface area contributed by atoms with Gasteiger partial charge in [-0.1, -0.05) is 0 Å². The van der Waals surface area contributed by atoms with Crippen LogP contribution in [0, 0.1) is 5.92 Å². The van der Waals surface area contributed by atoms with E-state index in [-0.39, 0.29) is 38.9 Å². The number of carbonyl (C=O) groups excluding carboxylic acids is 1. The van der Waals surface area contributed by atoms with Gasteiger partial charge in [-0.05, 0) is 80.2 Å². The van der Waals surface area contributed by atoms with Crippen LogP contribution in [0.2, 0.25) is 0 Å². The van der Waals surface area contributed by atoms with Gasteiger partial charge < -0.3 is 15.1 Å². The lowest BCUT2D eigenvalue weighted by atomic mass is 10.1. The van der Waals surface area contributed by atoms with Crippen molar-refractivity contribution in [2.24, 2.45) is 5.92 Å². The molecule has 2 aromatic heterocycles. The van der Waals surface area contributed by atoms with E-state index in [0.717, 1.165) is 92.3 Å². The smallest absolute Gasteiger partial charge is 0.369 e. The van der Waals surface area contributed by atoms with Crippen molar-refractivity contribution in [3.8, 4) is 10.6 Å². The summed E-state index contributed by atoms with van der Waals surface area (Å²) >= 11 is 0.751. The Morgan fingerprint density at radius 1 is 0.978 bits per heavy atom. The van der Waals surface area contributed by atoms with E-state index in [1.54, 1.807) is 4.90 Å². The van der Waals surface area contributed by atoms with Gasteiger partial charge in [-0.15, -0.1) is 11.3 Å². The molecule has 0 radical (unpaired) electrons. The maximum absolute atomic E-state index is 14.2. The number of benzene rings is 1. The van der Waals surface area contributed by atoms with Gasteiger partial charge in [-0.3, -0.25) is 9.69 Å². The Morgan fingerprint density at radius 2 is 1.74 bits per heavy atom. The van der Waals surface area contributed by atoms with Crippen LogP contribution in [0.4, 0.5) is 30.5 Å². The number of aromatic nitrogens is 2. The normalized spacial score (nSPS) is 22.1. The molecule has 0 unspecified atom stereocenters. The largest absolute Gasteiger partial charge is 0.420 e. The van der Waals surface area contributed by atoms with Gasteiger partial charge in [-0.2, -0.15) is 13.2 Å². The van der Waals surface area contributed by atoms with E-state index in [4.69, 9.17) is 0 Å². The molecule has 244 valence electrons.